The molecule has 1 fully saturated rings. The normalized spacial score (nSPS) is 34.5. The molecule has 0 spiro atoms. The van der Waals surface area contributed by atoms with Gasteiger partial charge in [-0.1, -0.05) is 12.2 Å². The summed E-state index contributed by atoms with van der Waals surface area (Å²) < 4.78 is 0. The van der Waals surface area contributed by atoms with Gasteiger partial charge in [-0.25, -0.2) is 0 Å². The molecule has 60 valence electrons. The lowest BCUT2D eigenvalue weighted by atomic mass is 9.93. The lowest BCUT2D eigenvalue weighted by Crippen LogP contribution is -2.32. The molecule has 0 saturated carbocycles. The van der Waals surface area contributed by atoms with Gasteiger partial charge in [-0.05, 0) is 19.5 Å². The Morgan fingerprint density at radius 3 is 3.36 bits per heavy atom. The van der Waals surface area contributed by atoms with E-state index in [1.807, 2.05) is 7.05 Å². The summed E-state index contributed by atoms with van der Waals surface area (Å²) in [6, 6.07) is 0.631. The fourth-order valence-corrected chi connectivity index (χ4v) is 1.89. The SMILES string of the molecule is CNC1CNC2=CC=CCC21. The van der Waals surface area contributed by atoms with Crippen LogP contribution in [0.3, 0.4) is 0 Å². The van der Waals surface area contributed by atoms with Crippen LogP contribution in [0, 0.1) is 5.92 Å². The Morgan fingerprint density at radius 2 is 2.55 bits per heavy atom. The van der Waals surface area contributed by atoms with Crippen molar-refractivity contribution in [3.05, 3.63) is 23.9 Å². The zero-order valence-corrected chi connectivity index (χ0v) is 6.80. The summed E-state index contributed by atoms with van der Waals surface area (Å²) in [5.74, 6) is 0.699. The van der Waals surface area contributed by atoms with E-state index in [0.717, 1.165) is 6.54 Å². The first kappa shape index (κ1) is 6.92. The number of hydrogen-bond donors (Lipinski definition) is 2. The van der Waals surface area contributed by atoms with Crippen LogP contribution in [-0.2, 0) is 0 Å². The van der Waals surface area contributed by atoms with Crippen molar-refractivity contribution in [2.75, 3.05) is 13.6 Å². The molecule has 1 heterocycles. The van der Waals surface area contributed by atoms with E-state index in [2.05, 4.69) is 28.9 Å². The average molecular weight is 150 g/mol. The molecule has 0 bridgehead atoms. The van der Waals surface area contributed by atoms with Crippen molar-refractivity contribution in [2.24, 2.45) is 5.92 Å². The van der Waals surface area contributed by atoms with E-state index in [9.17, 15) is 0 Å². The Morgan fingerprint density at radius 1 is 1.64 bits per heavy atom. The van der Waals surface area contributed by atoms with E-state index in [4.69, 9.17) is 0 Å². The highest BCUT2D eigenvalue weighted by molar-refractivity contribution is 5.25. The van der Waals surface area contributed by atoms with Crippen LogP contribution in [-0.4, -0.2) is 19.6 Å². The van der Waals surface area contributed by atoms with Gasteiger partial charge in [0.05, 0.1) is 0 Å². The molecule has 2 aliphatic rings. The molecule has 0 radical (unpaired) electrons. The fraction of sp³-hybridized carbons (Fsp3) is 0.556. The van der Waals surface area contributed by atoms with Crippen molar-refractivity contribution in [1.29, 1.82) is 0 Å². The van der Waals surface area contributed by atoms with Gasteiger partial charge in [0.2, 0.25) is 0 Å². The van der Waals surface area contributed by atoms with Crippen LogP contribution >= 0.6 is 0 Å². The number of likely N-dealkylation sites (N-methyl/N-ethyl adjacent to an activating group) is 1. The number of fused-ring (bicyclic) bond motifs is 1. The van der Waals surface area contributed by atoms with Gasteiger partial charge in [-0.15, -0.1) is 0 Å². The molecule has 0 aromatic heterocycles. The predicted octanol–water partition coefficient (Wildman–Crippen LogP) is 0.638. The van der Waals surface area contributed by atoms with Gasteiger partial charge in [-0.2, -0.15) is 0 Å². The van der Waals surface area contributed by atoms with Gasteiger partial charge in [0, 0.05) is 24.2 Å². The third kappa shape index (κ3) is 1.07. The Hall–Kier alpha value is -0.760. The van der Waals surface area contributed by atoms with Gasteiger partial charge in [-0.3, -0.25) is 0 Å². The summed E-state index contributed by atoms with van der Waals surface area (Å²) in [5.41, 5.74) is 1.41. The summed E-state index contributed by atoms with van der Waals surface area (Å²) in [6.45, 7) is 1.08. The molecule has 11 heavy (non-hydrogen) atoms. The molecule has 2 heteroatoms. The molecule has 2 nitrogen and oxygen atoms in total. The molecule has 1 aliphatic heterocycles. The Kier molecular flexibility index (Phi) is 1.70. The van der Waals surface area contributed by atoms with Crippen molar-refractivity contribution in [1.82, 2.24) is 10.6 Å². The van der Waals surface area contributed by atoms with E-state index in [1.54, 1.807) is 0 Å². The van der Waals surface area contributed by atoms with Crippen molar-refractivity contribution >= 4 is 0 Å². The topological polar surface area (TPSA) is 24.1 Å². The van der Waals surface area contributed by atoms with Gasteiger partial charge in [0.25, 0.3) is 0 Å². The van der Waals surface area contributed by atoms with Gasteiger partial charge in [0.15, 0.2) is 0 Å². The molecule has 0 amide bonds. The van der Waals surface area contributed by atoms with Crippen molar-refractivity contribution in [2.45, 2.75) is 12.5 Å². The summed E-state index contributed by atoms with van der Waals surface area (Å²) in [6.07, 6.45) is 7.75. The maximum Gasteiger partial charge on any atom is 0.0323 e. The maximum atomic E-state index is 3.41. The Bertz CT molecular complexity index is 206. The third-order valence-corrected chi connectivity index (χ3v) is 2.58. The molecule has 2 N–H and O–H groups in total. The quantitative estimate of drug-likeness (QED) is 0.573. The smallest absolute Gasteiger partial charge is 0.0323 e. The Balaban J connectivity index is 2.15. The number of rotatable bonds is 1. The monoisotopic (exact) mass is 150 g/mol. The zero-order chi connectivity index (χ0) is 7.68. The van der Waals surface area contributed by atoms with E-state index in [0.29, 0.717) is 12.0 Å². The second-order valence-corrected chi connectivity index (χ2v) is 3.17. The summed E-state index contributed by atoms with van der Waals surface area (Å²) in [4.78, 5) is 0. The van der Waals surface area contributed by atoms with Crippen LogP contribution in [0.2, 0.25) is 0 Å². The molecule has 0 aromatic carbocycles. The zero-order valence-electron chi connectivity index (χ0n) is 6.80. The molecular formula is C9H14N2. The molecule has 2 rings (SSSR count). The standard InChI is InChI=1S/C9H14N2/c1-10-9-6-11-8-5-3-2-4-7(8)9/h2-3,5,7,9-11H,4,6H2,1H3. The second-order valence-electron chi connectivity index (χ2n) is 3.17. The van der Waals surface area contributed by atoms with E-state index in [-0.39, 0.29) is 0 Å². The lowest BCUT2D eigenvalue weighted by molar-refractivity contribution is 0.481. The predicted molar refractivity (Wildman–Crippen MR) is 46.2 cm³/mol. The first-order valence-electron chi connectivity index (χ1n) is 4.19. The van der Waals surface area contributed by atoms with E-state index < -0.39 is 0 Å². The molecular weight excluding hydrogens is 136 g/mol. The second kappa shape index (κ2) is 2.70. The highest BCUT2D eigenvalue weighted by Gasteiger charge is 2.29. The minimum atomic E-state index is 0.631. The van der Waals surface area contributed by atoms with Crippen LogP contribution < -0.4 is 10.6 Å². The van der Waals surface area contributed by atoms with Crippen LogP contribution in [0.4, 0.5) is 0 Å². The first-order valence-corrected chi connectivity index (χ1v) is 4.19. The maximum absolute atomic E-state index is 3.41. The van der Waals surface area contributed by atoms with Crippen LogP contribution in [0.1, 0.15) is 6.42 Å². The number of hydrogen-bond acceptors (Lipinski definition) is 2. The molecule has 0 aromatic rings. The Labute approximate surface area is 67.4 Å². The van der Waals surface area contributed by atoms with Crippen LogP contribution in [0.15, 0.2) is 23.9 Å². The summed E-state index contributed by atoms with van der Waals surface area (Å²) >= 11 is 0. The first-order chi connectivity index (χ1) is 5.42. The van der Waals surface area contributed by atoms with Crippen LogP contribution in [0.5, 0.6) is 0 Å². The van der Waals surface area contributed by atoms with Gasteiger partial charge in [0.1, 0.15) is 0 Å². The number of nitrogens with one attached hydrogen (secondary N) is 2. The van der Waals surface area contributed by atoms with Crippen LogP contribution in [0.25, 0.3) is 0 Å². The summed E-state index contributed by atoms with van der Waals surface area (Å²) in [5, 5.41) is 6.73. The third-order valence-electron chi connectivity index (χ3n) is 2.58. The minimum absolute atomic E-state index is 0.631. The average Bonchev–Trinajstić information content (AvgIpc) is 2.47. The highest BCUT2D eigenvalue weighted by Crippen LogP contribution is 2.26. The molecule has 1 saturated heterocycles. The van der Waals surface area contributed by atoms with Gasteiger partial charge >= 0.3 is 0 Å². The fourth-order valence-electron chi connectivity index (χ4n) is 1.89. The van der Waals surface area contributed by atoms with Crippen molar-refractivity contribution < 1.29 is 0 Å². The van der Waals surface area contributed by atoms with E-state index in [1.165, 1.54) is 12.1 Å². The lowest BCUT2D eigenvalue weighted by Gasteiger charge is -2.18. The number of allylic oxidation sites excluding steroid dienone is 3. The minimum Gasteiger partial charge on any atom is -0.386 e. The highest BCUT2D eigenvalue weighted by atomic mass is 15.0. The van der Waals surface area contributed by atoms with Crippen molar-refractivity contribution in [3.8, 4) is 0 Å². The molecule has 2 unspecified atom stereocenters. The molecule has 2 atom stereocenters. The van der Waals surface area contributed by atoms with Gasteiger partial charge < -0.3 is 10.6 Å². The largest absolute Gasteiger partial charge is 0.386 e. The van der Waals surface area contributed by atoms with E-state index >= 15 is 0 Å². The molecule has 1 aliphatic carbocycles. The van der Waals surface area contributed by atoms with Crippen molar-refractivity contribution in [3.63, 3.8) is 0 Å². The summed E-state index contributed by atoms with van der Waals surface area (Å²) in [7, 11) is 2.04.